The average Bonchev–Trinajstić information content (AvgIpc) is 3.01. The molecule has 2 heterocycles. The Morgan fingerprint density at radius 3 is 3.00 bits per heavy atom. The third-order valence-corrected chi connectivity index (χ3v) is 4.03. The summed E-state index contributed by atoms with van der Waals surface area (Å²) in [7, 11) is 0. The molecule has 1 unspecified atom stereocenters. The van der Waals surface area contributed by atoms with Gasteiger partial charge in [0.2, 0.25) is 5.95 Å². The molecule has 24 heavy (non-hydrogen) atoms. The number of nitrogens with one attached hydrogen (secondary N) is 1. The molecule has 1 aromatic carbocycles. The Hall–Kier alpha value is -2.70. The molecule has 0 amide bonds. The maximum atomic E-state index is 12.2. The van der Waals surface area contributed by atoms with Gasteiger partial charge in [-0.1, -0.05) is 30.6 Å². The lowest BCUT2D eigenvalue weighted by Crippen LogP contribution is -2.27. The summed E-state index contributed by atoms with van der Waals surface area (Å²) in [6.45, 7) is 6.23. The number of ketones is 1. The maximum absolute atomic E-state index is 12.2. The highest BCUT2D eigenvalue weighted by Gasteiger charge is 2.32. The molecule has 3 rings (SSSR count). The van der Waals surface area contributed by atoms with E-state index in [1.165, 1.54) is 0 Å². The SMILES string of the molecule is CCCCOc1cccc(C2C(C(C)=O)=C(C)Nc3nnnn32)c1. The van der Waals surface area contributed by atoms with Gasteiger partial charge in [-0.3, -0.25) is 4.79 Å². The number of allylic oxidation sites excluding steroid dienone is 2. The zero-order valence-corrected chi connectivity index (χ0v) is 14.1. The predicted molar refractivity (Wildman–Crippen MR) is 89.8 cm³/mol. The summed E-state index contributed by atoms with van der Waals surface area (Å²) < 4.78 is 7.43. The summed E-state index contributed by atoms with van der Waals surface area (Å²) in [5.41, 5.74) is 2.34. The molecule has 1 atom stereocenters. The zero-order chi connectivity index (χ0) is 17.1. The second kappa shape index (κ2) is 6.82. The lowest BCUT2D eigenvalue weighted by Gasteiger charge is -2.27. The molecule has 0 aliphatic carbocycles. The molecule has 0 radical (unpaired) electrons. The van der Waals surface area contributed by atoms with E-state index in [9.17, 15) is 4.79 Å². The van der Waals surface area contributed by atoms with Crippen molar-refractivity contribution in [3.05, 3.63) is 41.1 Å². The van der Waals surface area contributed by atoms with Crippen LogP contribution in [0.3, 0.4) is 0 Å². The van der Waals surface area contributed by atoms with Gasteiger partial charge >= 0.3 is 0 Å². The van der Waals surface area contributed by atoms with Gasteiger partial charge in [0.05, 0.1) is 6.61 Å². The van der Waals surface area contributed by atoms with Crippen molar-refractivity contribution in [1.29, 1.82) is 0 Å². The van der Waals surface area contributed by atoms with E-state index in [4.69, 9.17) is 4.74 Å². The van der Waals surface area contributed by atoms with Crippen molar-refractivity contribution in [2.24, 2.45) is 0 Å². The van der Waals surface area contributed by atoms with Crippen LogP contribution in [-0.2, 0) is 4.79 Å². The molecule has 7 nitrogen and oxygen atoms in total. The Morgan fingerprint density at radius 2 is 2.25 bits per heavy atom. The summed E-state index contributed by atoms with van der Waals surface area (Å²) in [6.07, 6.45) is 2.09. The minimum atomic E-state index is -0.358. The number of unbranched alkanes of at least 4 members (excludes halogenated alkanes) is 1. The van der Waals surface area contributed by atoms with Gasteiger partial charge in [0.1, 0.15) is 11.8 Å². The van der Waals surface area contributed by atoms with E-state index in [2.05, 4.69) is 27.8 Å². The molecule has 126 valence electrons. The lowest BCUT2D eigenvalue weighted by molar-refractivity contribution is -0.114. The first kappa shape index (κ1) is 16.2. The molecule has 7 heteroatoms. The largest absolute Gasteiger partial charge is 0.494 e. The van der Waals surface area contributed by atoms with Crippen LogP contribution in [0.1, 0.15) is 45.2 Å². The van der Waals surface area contributed by atoms with Crippen LogP contribution >= 0.6 is 0 Å². The van der Waals surface area contributed by atoms with E-state index in [0.29, 0.717) is 18.1 Å². The Balaban J connectivity index is 2.00. The number of nitrogens with zero attached hydrogens (tertiary/aromatic N) is 4. The third kappa shape index (κ3) is 3.02. The number of tetrazole rings is 1. The minimum Gasteiger partial charge on any atom is -0.494 e. The molecule has 1 aliphatic heterocycles. The van der Waals surface area contributed by atoms with Gasteiger partial charge in [-0.15, -0.1) is 0 Å². The first-order valence-corrected chi connectivity index (χ1v) is 8.11. The number of Topliss-reactive ketones (excluding diaryl/α,β-unsaturated/α-hetero) is 1. The number of anilines is 1. The van der Waals surface area contributed by atoms with Gasteiger partial charge in [0.15, 0.2) is 5.78 Å². The molecule has 0 saturated carbocycles. The quantitative estimate of drug-likeness (QED) is 0.822. The number of rotatable bonds is 6. The van der Waals surface area contributed by atoms with Gasteiger partial charge < -0.3 is 10.1 Å². The summed E-state index contributed by atoms with van der Waals surface area (Å²) in [4.78, 5) is 12.2. The summed E-state index contributed by atoms with van der Waals surface area (Å²) in [5, 5.41) is 14.8. The smallest absolute Gasteiger partial charge is 0.248 e. The highest BCUT2D eigenvalue weighted by atomic mass is 16.5. The molecule has 0 spiro atoms. The van der Waals surface area contributed by atoms with Gasteiger partial charge in [-0.05, 0) is 48.4 Å². The molecule has 1 N–H and O–H groups in total. The van der Waals surface area contributed by atoms with Crippen LogP contribution in [0.4, 0.5) is 5.95 Å². The number of hydrogen-bond donors (Lipinski definition) is 1. The third-order valence-electron chi connectivity index (χ3n) is 4.03. The number of hydrogen-bond acceptors (Lipinski definition) is 6. The molecule has 0 saturated heterocycles. The van der Waals surface area contributed by atoms with E-state index in [1.54, 1.807) is 11.6 Å². The number of aromatic nitrogens is 4. The Bertz CT molecular complexity index is 781. The van der Waals surface area contributed by atoms with Crippen LogP contribution in [0.25, 0.3) is 0 Å². The van der Waals surface area contributed by atoms with E-state index in [-0.39, 0.29) is 11.8 Å². The predicted octanol–water partition coefficient (Wildman–Crippen LogP) is 2.73. The fourth-order valence-corrected chi connectivity index (χ4v) is 2.89. The molecular weight excluding hydrogens is 306 g/mol. The molecular formula is C17H21N5O2. The van der Waals surface area contributed by atoms with Gasteiger partial charge in [-0.25, -0.2) is 0 Å². The van der Waals surface area contributed by atoms with Crippen LogP contribution in [0.2, 0.25) is 0 Å². The monoisotopic (exact) mass is 327 g/mol. The van der Waals surface area contributed by atoms with Crippen molar-refractivity contribution in [2.45, 2.75) is 39.7 Å². The van der Waals surface area contributed by atoms with E-state index in [0.717, 1.165) is 29.9 Å². The first-order valence-electron chi connectivity index (χ1n) is 8.11. The zero-order valence-electron chi connectivity index (χ0n) is 14.1. The second-order valence-corrected chi connectivity index (χ2v) is 5.84. The number of carbonyl (C=O) groups is 1. The number of carbonyl (C=O) groups excluding carboxylic acids is 1. The summed E-state index contributed by atoms with van der Waals surface area (Å²) in [6, 6.07) is 7.40. The summed E-state index contributed by atoms with van der Waals surface area (Å²) in [5.74, 6) is 1.30. The fourth-order valence-electron chi connectivity index (χ4n) is 2.89. The normalized spacial score (nSPS) is 16.5. The van der Waals surface area contributed by atoms with Gasteiger partial charge in [0, 0.05) is 11.3 Å². The van der Waals surface area contributed by atoms with Gasteiger partial charge in [0.25, 0.3) is 0 Å². The van der Waals surface area contributed by atoms with Crippen LogP contribution in [-0.4, -0.2) is 32.6 Å². The van der Waals surface area contributed by atoms with E-state index >= 15 is 0 Å². The van der Waals surface area contributed by atoms with Crippen molar-refractivity contribution in [3.63, 3.8) is 0 Å². The Kier molecular flexibility index (Phi) is 4.59. The minimum absolute atomic E-state index is 0.0107. The van der Waals surface area contributed by atoms with E-state index in [1.807, 2.05) is 31.2 Å². The Labute approximate surface area is 140 Å². The van der Waals surface area contributed by atoms with E-state index < -0.39 is 0 Å². The van der Waals surface area contributed by atoms with Crippen molar-refractivity contribution in [1.82, 2.24) is 20.2 Å². The van der Waals surface area contributed by atoms with Crippen molar-refractivity contribution >= 4 is 11.7 Å². The molecule has 1 aliphatic rings. The lowest BCUT2D eigenvalue weighted by atomic mass is 9.93. The van der Waals surface area contributed by atoms with Crippen molar-refractivity contribution in [2.75, 3.05) is 11.9 Å². The first-order chi connectivity index (χ1) is 11.6. The van der Waals surface area contributed by atoms with Crippen molar-refractivity contribution in [3.8, 4) is 5.75 Å². The van der Waals surface area contributed by atoms with Crippen LogP contribution in [0, 0.1) is 0 Å². The fraction of sp³-hybridized carbons (Fsp3) is 0.412. The number of benzene rings is 1. The maximum Gasteiger partial charge on any atom is 0.248 e. The second-order valence-electron chi connectivity index (χ2n) is 5.84. The molecule has 1 aromatic heterocycles. The van der Waals surface area contributed by atoms with Crippen LogP contribution in [0.5, 0.6) is 5.75 Å². The van der Waals surface area contributed by atoms with Crippen LogP contribution < -0.4 is 10.1 Å². The summed E-state index contributed by atoms with van der Waals surface area (Å²) >= 11 is 0. The molecule has 2 aromatic rings. The van der Waals surface area contributed by atoms with Crippen molar-refractivity contribution < 1.29 is 9.53 Å². The highest BCUT2D eigenvalue weighted by Crippen LogP contribution is 2.35. The average molecular weight is 327 g/mol. The molecule has 0 bridgehead atoms. The standard InChI is InChI=1S/C17H21N5O2/c1-4-5-9-24-14-8-6-7-13(10-14)16-15(12(3)23)11(2)18-17-19-20-21-22(16)17/h6-8,10,16H,4-5,9H2,1-3H3,(H,18,19,21). The number of ether oxygens (including phenoxy) is 1. The van der Waals surface area contributed by atoms with Crippen LogP contribution in [0.15, 0.2) is 35.5 Å². The highest BCUT2D eigenvalue weighted by molar-refractivity contribution is 5.96. The topological polar surface area (TPSA) is 81.9 Å². The van der Waals surface area contributed by atoms with Gasteiger partial charge in [-0.2, -0.15) is 4.68 Å². The Morgan fingerprint density at radius 1 is 1.42 bits per heavy atom. The number of fused-ring (bicyclic) bond motifs is 1. The molecule has 0 fully saturated rings.